The monoisotopic (exact) mass is 426 g/mol. The van der Waals surface area contributed by atoms with E-state index in [0.717, 1.165) is 0 Å². The number of benzene rings is 3. The largest absolute Gasteiger partial charge is 0.456 e. The van der Waals surface area contributed by atoms with Crippen LogP contribution in [0, 0.1) is 0 Å². The zero-order chi connectivity index (χ0) is 20.3. The van der Waals surface area contributed by atoms with Gasteiger partial charge in [-0.25, -0.2) is 0 Å². The Labute approximate surface area is 168 Å². The van der Waals surface area contributed by atoms with Gasteiger partial charge in [-0.1, -0.05) is 90.3 Å². The van der Waals surface area contributed by atoms with Crippen molar-refractivity contribution in [1.82, 2.24) is 0 Å². The summed E-state index contributed by atoms with van der Waals surface area (Å²) >= 11 is 1.02. The summed E-state index contributed by atoms with van der Waals surface area (Å²) in [6, 6.07) is 23.0. The predicted molar refractivity (Wildman–Crippen MR) is 104 cm³/mol. The summed E-state index contributed by atoms with van der Waals surface area (Å²) in [5, 5.41) is 0. The molecule has 0 N–H and O–H groups in total. The van der Waals surface area contributed by atoms with Crippen LogP contribution in [0.1, 0.15) is 5.56 Å². The summed E-state index contributed by atoms with van der Waals surface area (Å²) in [4.78, 5) is 0.636. The molecule has 3 rings (SSSR count). The molecule has 28 heavy (non-hydrogen) atoms. The van der Waals surface area contributed by atoms with E-state index in [-0.39, 0.29) is 5.56 Å². The molecule has 0 fully saturated rings. The Hall–Kier alpha value is -1.99. The fourth-order valence-electron chi connectivity index (χ4n) is 2.60. The third-order valence-electron chi connectivity index (χ3n) is 3.93. The molecule has 0 nitrogen and oxygen atoms in total. The van der Waals surface area contributed by atoms with E-state index >= 15 is 8.78 Å². The standard InChI is InChI=1S/C21H15F5S2/c22-20(23,21(24,25)26)19(16-10-4-1-5-11-16,27-17-12-6-2-7-13-17)28-18-14-8-3-9-15-18/h1-15H. The molecular formula is C21H15F5S2. The summed E-state index contributed by atoms with van der Waals surface area (Å²) in [6.07, 6.45) is -5.73. The number of thioether (sulfide) groups is 2. The maximum Gasteiger partial charge on any atom is 0.456 e. The maximum absolute atomic E-state index is 15.1. The van der Waals surface area contributed by atoms with Gasteiger partial charge >= 0.3 is 12.1 Å². The van der Waals surface area contributed by atoms with Crippen molar-refractivity contribution < 1.29 is 22.0 Å². The molecule has 0 aliphatic rings. The van der Waals surface area contributed by atoms with Crippen LogP contribution < -0.4 is 0 Å². The second-order valence-corrected chi connectivity index (χ2v) is 8.72. The second kappa shape index (κ2) is 8.17. The molecule has 0 saturated carbocycles. The molecule has 0 aromatic heterocycles. The first-order valence-electron chi connectivity index (χ1n) is 8.24. The van der Waals surface area contributed by atoms with Gasteiger partial charge < -0.3 is 0 Å². The summed E-state index contributed by atoms with van der Waals surface area (Å²) in [5.41, 5.74) is -0.111. The van der Waals surface area contributed by atoms with E-state index in [9.17, 15) is 13.2 Å². The van der Waals surface area contributed by atoms with Crippen LogP contribution in [0.5, 0.6) is 0 Å². The highest BCUT2D eigenvalue weighted by molar-refractivity contribution is 8.17. The number of alkyl halides is 5. The van der Waals surface area contributed by atoms with Crippen LogP contribution >= 0.6 is 23.5 Å². The van der Waals surface area contributed by atoms with E-state index in [1.807, 2.05) is 0 Å². The van der Waals surface area contributed by atoms with Crippen LogP contribution in [0.15, 0.2) is 101 Å². The van der Waals surface area contributed by atoms with Crippen molar-refractivity contribution in [3.05, 3.63) is 96.6 Å². The second-order valence-electron chi connectivity index (χ2n) is 5.88. The highest BCUT2D eigenvalue weighted by atomic mass is 32.2. The van der Waals surface area contributed by atoms with Gasteiger partial charge in [-0.05, 0) is 29.8 Å². The molecule has 0 saturated heterocycles. The summed E-state index contributed by atoms with van der Waals surface area (Å²) in [6.45, 7) is 0. The number of hydrogen-bond acceptors (Lipinski definition) is 2. The van der Waals surface area contributed by atoms with Gasteiger partial charge in [0.2, 0.25) is 0 Å². The first kappa shape index (κ1) is 20.7. The lowest BCUT2D eigenvalue weighted by molar-refractivity contribution is -0.286. The Morgan fingerprint density at radius 1 is 0.500 bits per heavy atom. The van der Waals surface area contributed by atoms with E-state index in [1.54, 1.807) is 42.5 Å². The minimum Gasteiger partial charge on any atom is -0.193 e. The first-order valence-corrected chi connectivity index (χ1v) is 9.88. The Balaban J connectivity index is 2.24. The van der Waals surface area contributed by atoms with Crippen molar-refractivity contribution in [2.45, 2.75) is 26.0 Å². The van der Waals surface area contributed by atoms with Crippen molar-refractivity contribution in [3.63, 3.8) is 0 Å². The van der Waals surface area contributed by atoms with Gasteiger partial charge in [0, 0.05) is 9.79 Å². The van der Waals surface area contributed by atoms with Crippen molar-refractivity contribution in [1.29, 1.82) is 0 Å². The molecular weight excluding hydrogens is 411 g/mol. The van der Waals surface area contributed by atoms with Crippen LogP contribution in [0.2, 0.25) is 0 Å². The predicted octanol–water partition coefficient (Wildman–Crippen LogP) is 7.62. The van der Waals surface area contributed by atoms with Crippen LogP contribution in [0.4, 0.5) is 22.0 Å². The molecule has 3 aromatic rings. The van der Waals surface area contributed by atoms with Crippen LogP contribution in [0.25, 0.3) is 0 Å². The summed E-state index contributed by atoms with van der Waals surface area (Å²) in [7, 11) is 0. The Morgan fingerprint density at radius 2 is 0.857 bits per heavy atom. The lowest BCUT2D eigenvalue weighted by Crippen LogP contribution is -2.51. The SMILES string of the molecule is FC(F)(F)C(F)(F)C(Sc1ccccc1)(Sc1ccccc1)c1ccccc1. The van der Waals surface area contributed by atoms with E-state index in [4.69, 9.17) is 0 Å². The lowest BCUT2D eigenvalue weighted by atomic mass is 10.1. The zero-order valence-corrected chi connectivity index (χ0v) is 16.0. The average Bonchev–Trinajstić information content (AvgIpc) is 2.69. The number of halogens is 5. The van der Waals surface area contributed by atoms with Gasteiger partial charge in [0.1, 0.15) is 0 Å². The van der Waals surface area contributed by atoms with Gasteiger partial charge in [-0.3, -0.25) is 0 Å². The molecule has 0 atom stereocenters. The van der Waals surface area contributed by atoms with Gasteiger partial charge in [0.25, 0.3) is 0 Å². The molecule has 0 bridgehead atoms. The third kappa shape index (κ3) is 4.05. The number of hydrogen-bond donors (Lipinski definition) is 0. The van der Waals surface area contributed by atoms with Crippen LogP contribution in [0.3, 0.4) is 0 Å². The molecule has 0 aliphatic heterocycles. The maximum atomic E-state index is 15.1. The zero-order valence-electron chi connectivity index (χ0n) is 14.4. The Bertz CT molecular complexity index is 839. The molecule has 0 spiro atoms. The molecule has 146 valence electrons. The number of rotatable bonds is 6. The summed E-state index contributed by atoms with van der Waals surface area (Å²) < 4.78 is 68.6. The molecule has 0 radical (unpaired) electrons. The van der Waals surface area contributed by atoms with Crippen molar-refractivity contribution in [3.8, 4) is 0 Å². The van der Waals surface area contributed by atoms with E-state index in [0.29, 0.717) is 33.3 Å². The summed E-state index contributed by atoms with van der Waals surface area (Å²) in [5.74, 6) is -5.01. The minimum absolute atomic E-state index is 0.111. The van der Waals surface area contributed by atoms with E-state index in [2.05, 4.69) is 0 Å². The highest BCUT2D eigenvalue weighted by Gasteiger charge is 2.71. The van der Waals surface area contributed by atoms with Gasteiger partial charge in [0.05, 0.1) is 0 Å². The van der Waals surface area contributed by atoms with Crippen LogP contribution in [-0.4, -0.2) is 12.1 Å². The lowest BCUT2D eigenvalue weighted by Gasteiger charge is -2.40. The fourth-order valence-corrected chi connectivity index (χ4v) is 5.59. The third-order valence-corrected chi connectivity index (χ3v) is 7.01. The average molecular weight is 426 g/mol. The quantitative estimate of drug-likeness (QED) is 0.226. The van der Waals surface area contributed by atoms with E-state index < -0.39 is 16.2 Å². The smallest absolute Gasteiger partial charge is 0.193 e. The first-order chi connectivity index (χ1) is 13.3. The van der Waals surface area contributed by atoms with Crippen molar-refractivity contribution >= 4 is 23.5 Å². The highest BCUT2D eigenvalue weighted by Crippen LogP contribution is 2.64. The Morgan fingerprint density at radius 3 is 1.21 bits per heavy atom. The fraction of sp³-hybridized carbons (Fsp3) is 0.143. The van der Waals surface area contributed by atoms with Crippen LogP contribution in [-0.2, 0) is 4.08 Å². The molecule has 0 heterocycles. The topological polar surface area (TPSA) is 0 Å². The van der Waals surface area contributed by atoms with E-state index in [1.165, 1.54) is 48.5 Å². The van der Waals surface area contributed by atoms with Crippen molar-refractivity contribution in [2.24, 2.45) is 0 Å². The molecule has 0 aliphatic carbocycles. The molecule has 0 unspecified atom stereocenters. The normalized spacial score (nSPS) is 12.8. The van der Waals surface area contributed by atoms with Gasteiger partial charge in [-0.2, -0.15) is 22.0 Å². The van der Waals surface area contributed by atoms with Gasteiger partial charge in [-0.15, -0.1) is 0 Å². The molecule has 3 aromatic carbocycles. The minimum atomic E-state index is -5.73. The molecule has 7 heteroatoms. The molecule has 0 amide bonds. The van der Waals surface area contributed by atoms with Gasteiger partial charge in [0.15, 0.2) is 4.08 Å². The Kier molecular flexibility index (Phi) is 6.05. The van der Waals surface area contributed by atoms with Crippen molar-refractivity contribution in [2.75, 3.05) is 0 Å².